The monoisotopic (exact) mass is 462 g/mol. The highest BCUT2D eigenvalue weighted by Crippen LogP contribution is 2.32. The van der Waals surface area contributed by atoms with Gasteiger partial charge in [0.25, 0.3) is 0 Å². The van der Waals surface area contributed by atoms with E-state index >= 15 is 0 Å². The fourth-order valence-corrected chi connectivity index (χ4v) is 5.47. The predicted octanol–water partition coefficient (Wildman–Crippen LogP) is 5.41. The molecule has 1 saturated heterocycles. The summed E-state index contributed by atoms with van der Waals surface area (Å²) in [6.07, 6.45) is 1.62. The van der Waals surface area contributed by atoms with Crippen LogP contribution >= 0.6 is 11.6 Å². The molecule has 5 rings (SSSR count). The number of nitrogens with zero attached hydrogens (tertiary/aromatic N) is 1. The molecule has 170 valence electrons. The Bertz CT molecular complexity index is 1150. The van der Waals surface area contributed by atoms with Crippen LogP contribution in [0.5, 0.6) is 0 Å². The van der Waals surface area contributed by atoms with Crippen LogP contribution in [0.15, 0.2) is 66.7 Å². The van der Waals surface area contributed by atoms with E-state index in [1.165, 1.54) is 17.2 Å². The van der Waals surface area contributed by atoms with Gasteiger partial charge >= 0.3 is 0 Å². The highest BCUT2D eigenvalue weighted by atomic mass is 35.5. The molecule has 3 aromatic rings. The van der Waals surface area contributed by atoms with Crippen molar-refractivity contribution in [3.05, 3.63) is 94.3 Å². The molecule has 3 aromatic carbocycles. The predicted molar refractivity (Wildman–Crippen MR) is 131 cm³/mol. The Kier molecular flexibility index (Phi) is 6.33. The van der Waals surface area contributed by atoms with E-state index in [1.54, 1.807) is 12.1 Å². The number of fused-ring (bicyclic) bond motifs is 1. The summed E-state index contributed by atoms with van der Waals surface area (Å²) in [4.78, 5) is 15.6. The minimum atomic E-state index is -0.271. The quantitative estimate of drug-likeness (QED) is 0.563. The van der Waals surface area contributed by atoms with Crippen molar-refractivity contribution >= 4 is 17.4 Å². The zero-order valence-corrected chi connectivity index (χ0v) is 19.5. The zero-order chi connectivity index (χ0) is 22.9. The average Bonchev–Trinajstić information content (AvgIpc) is 2.83. The molecule has 5 heteroatoms. The van der Waals surface area contributed by atoms with Crippen molar-refractivity contribution in [2.24, 2.45) is 5.92 Å². The second-order valence-corrected chi connectivity index (χ2v) is 9.67. The molecule has 33 heavy (non-hydrogen) atoms. The number of piperazine rings is 1. The number of nitrogens with one attached hydrogen (secondary N) is 1. The average molecular weight is 463 g/mol. The van der Waals surface area contributed by atoms with Crippen molar-refractivity contribution in [1.29, 1.82) is 0 Å². The summed E-state index contributed by atoms with van der Waals surface area (Å²) >= 11 is 6.02. The first kappa shape index (κ1) is 22.3. The van der Waals surface area contributed by atoms with Gasteiger partial charge in [0.2, 0.25) is 0 Å². The van der Waals surface area contributed by atoms with Gasteiger partial charge in [-0.2, -0.15) is 0 Å². The Morgan fingerprint density at radius 1 is 1.03 bits per heavy atom. The summed E-state index contributed by atoms with van der Waals surface area (Å²) in [5.74, 6) is -0.241. The Morgan fingerprint density at radius 3 is 2.45 bits per heavy atom. The minimum absolute atomic E-state index is 0.0900. The van der Waals surface area contributed by atoms with E-state index in [-0.39, 0.29) is 29.6 Å². The summed E-state index contributed by atoms with van der Waals surface area (Å²) in [6.45, 7) is 4.70. The van der Waals surface area contributed by atoms with Gasteiger partial charge < -0.3 is 5.32 Å². The molecule has 1 aliphatic heterocycles. The highest BCUT2D eigenvalue weighted by Gasteiger charge is 2.39. The van der Waals surface area contributed by atoms with E-state index in [0.29, 0.717) is 12.0 Å². The third-order valence-corrected chi connectivity index (χ3v) is 7.43. The summed E-state index contributed by atoms with van der Waals surface area (Å²) in [7, 11) is 0. The molecule has 0 amide bonds. The molecule has 0 saturated carbocycles. The molecule has 0 spiro atoms. The minimum Gasteiger partial charge on any atom is -0.314 e. The molecule has 0 radical (unpaired) electrons. The Labute approximate surface area is 199 Å². The standard InChI is InChI=1S/C28H28ClFN2O/c1-18-27(16-22-15-24(30)10-11-26(22)28(18)33)32-13-12-31-17-25(32)14-19-2-4-20(5-3-19)21-6-8-23(29)9-7-21/h2-11,15,18,25,27,31H,12-14,16-17H2,1H3. The Hall–Kier alpha value is -2.53. The number of hydrogen-bond donors (Lipinski definition) is 1. The number of ketones is 1. The maximum atomic E-state index is 13.9. The topological polar surface area (TPSA) is 32.3 Å². The van der Waals surface area contributed by atoms with E-state index in [1.807, 2.05) is 31.2 Å². The first-order valence-electron chi connectivity index (χ1n) is 11.6. The SMILES string of the molecule is CC1C(=O)c2ccc(F)cc2CC1N1CCNCC1Cc1ccc(-c2ccc(Cl)cc2)cc1. The summed E-state index contributed by atoms with van der Waals surface area (Å²) in [5.41, 5.74) is 5.11. The number of benzene rings is 3. The Balaban J connectivity index is 1.35. The van der Waals surface area contributed by atoms with Crippen molar-refractivity contribution in [3.8, 4) is 11.1 Å². The molecule has 1 N–H and O–H groups in total. The summed E-state index contributed by atoms with van der Waals surface area (Å²) in [5, 5.41) is 4.26. The van der Waals surface area contributed by atoms with E-state index in [2.05, 4.69) is 34.5 Å². The van der Waals surface area contributed by atoms with Crippen LogP contribution in [0, 0.1) is 11.7 Å². The van der Waals surface area contributed by atoms with Gasteiger partial charge in [-0.1, -0.05) is 54.9 Å². The maximum absolute atomic E-state index is 13.9. The van der Waals surface area contributed by atoms with Crippen LogP contribution in [0.4, 0.5) is 4.39 Å². The molecular weight excluding hydrogens is 435 g/mol. The Morgan fingerprint density at radius 2 is 1.73 bits per heavy atom. The lowest BCUT2D eigenvalue weighted by Gasteiger charge is -2.45. The van der Waals surface area contributed by atoms with Gasteiger partial charge in [-0.15, -0.1) is 0 Å². The number of Topliss-reactive ketones (excluding diaryl/α,β-unsaturated/α-hetero) is 1. The van der Waals surface area contributed by atoms with E-state index in [4.69, 9.17) is 11.6 Å². The number of carbonyl (C=O) groups excluding carboxylic acids is 1. The van der Waals surface area contributed by atoms with Crippen LogP contribution in [-0.2, 0) is 12.8 Å². The van der Waals surface area contributed by atoms with Crippen LogP contribution < -0.4 is 5.32 Å². The smallest absolute Gasteiger partial charge is 0.167 e. The fraction of sp³-hybridized carbons (Fsp3) is 0.321. The first-order chi connectivity index (χ1) is 16.0. The van der Waals surface area contributed by atoms with Crippen molar-refractivity contribution in [2.75, 3.05) is 19.6 Å². The van der Waals surface area contributed by atoms with Gasteiger partial charge in [0, 0.05) is 48.2 Å². The number of rotatable bonds is 4. The molecule has 0 aromatic heterocycles. The van der Waals surface area contributed by atoms with Crippen molar-refractivity contribution in [1.82, 2.24) is 10.2 Å². The molecule has 2 aliphatic rings. The zero-order valence-electron chi connectivity index (χ0n) is 18.7. The molecule has 3 unspecified atom stereocenters. The highest BCUT2D eigenvalue weighted by molar-refractivity contribution is 6.30. The molecule has 1 heterocycles. The number of carbonyl (C=O) groups is 1. The van der Waals surface area contributed by atoms with Gasteiger partial charge in [0.05, 0.1) is 0 Å². The van der Waals surface area contributed by atoms with Gasteiger partial charge in [0.15, 0.2) is 5.78 Å². The lowest BCUT2D eigenvalue weighted by molar-refractivity contribution is 0.0558. The number of hydrogen-bond acceptors (Lipinski definition) is 3. The third-order valence-electron chi connectivity index (χ3n) is 7.18. The van der Waals surface area contributed by atoms with Gasteiger partial charge in [-0.25, -0.2) is 4.39 Å². The lowest BCUT2D eigenvalue weighted by Crippen LogP contribution is -2.59. The first-order valence-corrected chi connectivity index (χ1v) is 12.0. The molecular formula is C28H28ClFN2O. The fourth-order valence-electron chi connectivity index (χ4n) is 5.35. The van der Waals surface area contributed by atoms with E-state index < -0.39 is 0 Å². The van der Waals surface area contributed by atoms with Gasteiger partial charge in [-0.05, 0) is 65.4 Å². The second kappa shape index (κ2) is 9.38. The second-order valence-electron chi connectivity index (χ2n) is 9.23. The number of halogens is 2. The van der Waals surface area contributed by atoms with Crippen LogP contribution in [-0.4, -0.2) is 42.4 Å². The normalized spacial score (nSPS) is 23.4. The van der Waals surface area contributed by atoms with Crippen LogP contribution in [0.2, 0.25) is 5.02 Å². The summed E-state index contributed by atoms with van der Waals surface area (Å²) in [6, 6.07) is 21.5. The van der Waals surface area contributed by atoms with Crippen LogP contribution in [0.3, 0.4) is 0 Å². The van der Waals surface area contributed by atoms with Crippen LogP contribution in [0.25, 0.3) is 11.1 Å². The maximum Gasteiger partial charge on any atom is 0.167 e. The van der Waals surface area contributed by atoms with Gasteiger partial charge in [0.1, 0.15) is 5.82 Å². The van der Waals surface area contributed by atoms with E-state index in [9.17, 15) is 9.18 Å². The third kappa shape index (κ3) is 4.61. The molecule has 0 bridgehead atoms. The molecule has 1 fully saturated rings. The summed E-state index contributed by atoms with van der Waals surface area (Å²) < 4.78 is 13.9. The molecule has 3 nitrogen and oxygen atoms in total. The van der Waals surface area contributed by atoms with Crippen molar-refractivity contribution in [3.63, 3.8) is 0 Å². The molecule has 3 atom stereocenters. The molecule has 1 aliphatic carbocycles. The van der Waals surface area contributed by atoms with E-state index in [0.717, 1.165) is 42.2 Å². The van der Waals surface area contributed by atoms with Crippen molar-refractivity contribution < 1.29 is 9.18 Å². The van der Waals surface area contributed by atoms with Gasteiger partial charge in [-0.3, -0.25) is 9.69 Å². The van der Waals surface area contributed by atoms with Crippen LogP contribution in [0.1, 0.15) is 28.4 Å². The largest absolute Gasteiger partial charge is 0.314 e. The lowest BCUT2D eigenvalue weighted by atomic mass is 9.78. The van der Waals surface area contributed by atoms with Crippen molar-refractivity contribution in [2.45, 2.75) is 31.8 Å².